The number of aliphatic hydroxyl groups excluding tert-OH is 1. The topological polar surface area (TPSA) is 58.6 Å². The number of para-hydroxylation sites is 2. The summed E-state index contributed by atoms with van der Waals surface area (Å²) < 4.78 is 6.88. The van der Waals surface area contributed by atoms with Crippen LogP contribution in [0.25, 0.3) is 11.1 Å². The number of hydrogen-bond acceptors (Lipinski definition) is 4. The predicted octanol–water partition coefficient (Wildman–Crippen LogP) is 1.05. The molecule has 1 atom stereocenters. The molecule has 0 saturated carbocycles. The van der Waals surface area contributed by atoms with E-state index < -0.39 is 0 Å². The first-order valence-corrected chi connectivity index (χ1v) is 6.73. The van der Waals surface area contributed by atoms with Crippen molar-refractivity contribution in [2.24, 2.45) is 0 Å². The Bertz CT molecular complexity index is 616. The van der Waals surface area contributed by atoms with E-state index in [-0.39, 0.29) is 18.4 Å². The average molecular weight is 262 g/mol. The quantitative estimate of drug-likeness (QED) is 0.895. The number of fused-ring (bicyclic) bond motifs is 1. The van der Waals surface area contributed by atoms with Gasteiger partial charge in [0.05, 0.1) is 12.1 Å². The normalized spacial score (nSPS) is 20.4. The highest BCUT2D eigenvalue weighted by Gasteiger charge is 2.23. The maximum Gasteiger partial charge on any atom is 0.419 e. The maximum atomic E-state index is 11.8. The summed E-state index contributed by atoms with van der Waals surface area (Å²) in [7, 11) is 0. The highest BCUT2D eigenvalue weighted by Crippen LogP contribution is 2.17. The Labute approximate surface area is 111 Å². The molecular weight excluding hydrogens is 244 g/mol. The third-order valence-electron chi connectivity index (χ3n) is 3.89. The molecule has 1 aromatic carbocycles. The first kappa shape index (κ1) is 12.4. The molecule has 1 aliphatic rings. The summed E-state index contributed by atoms with van der Waals surface area (Å²) in [6, 6.07) is 7.71. The summed E-state index contributed by atoms with van der Waals surface area (Å²) in [6.45, 7) is 2.57. The van der Waals surface area contributed by atoms with Crippen molar-refractivity contribution in [1.29, 1.82) is 0 Å². The van der Waals surface area contributed by atoms with Gasteiger partial charge in [-0.3, -0.25) is 9.47 Å². The Morgan fingerprint density at radius 3 is 3.00 bits per heavy atom. The molecule has 5 nitrogen and oxygen atoms in total. The number of aliphatic hydroxyl groups is 1. The molecule has 0 spiro atoms. The molecule has 1 saturated heterocycles. The van der Waals surface area contributed by atoms with Gasteiger partial charge >= 0.3 is 5.76 Å². The predicted molar refractivity (Wildman–Crippen MR) is 72.2 cm³/mol. The van der Waals surface area contributed by atoms with E-state index >= 15 is 0 Å². The van der Waals surface area contributed by atoms with Crippen molar-refractivity contribution in [1.82, 2.24) is 9.47 Å². The summed E-state index contributed by atoms with van der Waals surface area (Å²) in [5, 5.41) is 9.29. The zero-order valence-electron chi connectivity index (χ0n) is 10.8. The zero-order chi connectivity index (χ0) is 13.2. The SMILES string of the molecule is O=c1oc2ccccc2n1CCN1CCCC1CO. The minimum absolute atomic E-state index is 0.195. The molecule has 19 heavy (non-hydrogen) atoms. The summed E-state index contributed by atoms with van der Waals surface area (Å²) in [5.74, 6) is -0.305. The van der Waals surface area contributed by atoms with Gasteiger partial charge in [0.15, 0.2) is 5.58 Å². The number of benzene rings is 1. The van der Waals surface area contributed by atoms with Crippen LogP contribution in [0.3, 0.4) is 0 Å². The van der Waals surface area contributed by atoms with Crippen molar-refractivity contribution in [2.45, 2.75) is 25.4 Å². The van der Waals surface area contributed by atoms with Gasteiger partial charge in [0.2, 0.25) is 0 Å². The highest BCUT2D eigenvalue weighted by atomic mass is 16.4. The minimum atomic E-state index is -0.305. The van der Waals surface area contributed by atoms with Gasteiger partial charge in [-0.25, -0.2) is 4.79 Å². The van der Waals surface area contributed by atoms with Gasteiger partial charge in [-0.2, -0.15) is 0 Å². The molecule has 0 radical (unpaired) electrons. The maximum absolute atomic E-state index is 11.8. The van der Waals surface area contributed by atoms with E-state index in [1.807, 2.05) is 18.2 Å². The minimum Gasteiger partial charge on any atom is -0.408 e. The van der Waals surface area contributed by atoms with Crippen molar-refractivity contribution < 1.29 is 9.52 Å². The van der Waals surface area contributed by atoms with Crippen LogP contribution in [0.2, 0.25) is 0 Å². The lowest BCUT2D eigenvalue weighted by Crippen LogP contribution is -2.35. The van der Waals surface area contributed by atoms with E-state index in [0.29, 0.717) is 12.1 Å². The lowest BCUT2D eigenvalue weighted by atomic mass is 10.2. The smallest absolute Gasteiger partial charge is 0.408 e. The number of hydrogen-bond donors (Lipinski definition) is 1. The van der Waals surface area contributed by atoms with Crippen molar-refractivity contribution in [3.8, 4) is 0 Å². The lowest BCUT2D eigenvalue weighted by molar-refractivity contribution is 0.155. The fourth-order valence-electron chi connectivity index (χ4n) is 2.85. The number of oxazole rings is 1. The number of likely N-dealkylation sites (tertiary alicyclic amines) is 1. The Kier molecular flexibility index (Phi) is 3.40. The van der Waals surface area contributed by atoms with Gasteiger partial charge in [-0.1, -0.05) is 12.1 Å². The van der Waals surface area contributed by atoms with Crippen LogP contribution >= 0.6 is 0 Å². The third kappa shape index (κ3) is 2.31. The lowest BCUT2D eigenvalue weighted by Gasteiger charge is -2.22. The molecule has 1 aromatic heterocycles. The molecule has 5 heteroatoms. The van der Waals surface area contributed by atoms with E-state index in [2.05, 4.69) is 4.90 Å². The van der Waals surface area contributed by atoms with Crippen LogP contribution in [0.1, 0.15) is 12.8 Å². The molecule has 1 fully saturated rings. The molecule has 2 heterocycles. The van der Waals surface area contributed by atoms with Crippen LogP contribution in [0, 0.1) is 0 Å². The Hall–Kier alpha value is -1.59. The fourth-order valence-corrected chi connectivity index (χ4v) is 2.85. The van der Waals surface area contributed by atoms with E-state index in [4.69, 9.17) is 4.42 Å². The molecule has 0 bridgehead atoms. The van der Waals surface area contributed by atoms with E-state index in [9.17, 15) is 9.90 Å². The van der Waals surface area contributed by atoms with Crippen molar-refractivity contribution in [3.05, 3.63) is 34.8 Å². The van der Waals surface area contributed by atoms with Crippen LogP contribution < -0.4 is 5.76 Å². The van der Waals surface area contributed by atoms with Crippen molar-refractivity contribution >= 4 is 11.1 Å². The fraction of sp³-hybridized carbons (Fsp3) is 0.500. The Balaban J connectivity index is 1.78. The molecule has 3 rings (SSSR count). The second kappa shape index (κ2) is 5.19. The third-order valence-corrected chi connectivity index (χ3v) is 3.89. The summed E-state index contributed by atoms with van der Waals surface area (Å²) in [6.07, 6.45) is 2.16. The number of rotatable bonds is 4. The molecule has 1 N–H and O–H groups in total. The average Bonchev–Trinajstić information content (AvgIpc) is 2.99. The molecular formula is C14H18N2O3. The summed E-state index contributed by atoms with van der Waals surface area (Å²) in [4.78, 5) is 14.1. The summed E-state index contributed by atoms with van der Waals surface area (Å²) in [5.41, 5.74) is 1.47. The van der Waals surface area contributed by atoms with Gasteiger partial charge in [0, 0.05) is 19.1 Å². The first-order valence-electron chi connectivity index (χ1n) is 6.73. The molecule has 1 unspecified atom stereocenters. The van der Waals surface area contributed by atoms with Gasteiger partial charge in [0.1, 0.15) is 0 Å². The Morgan fingerprint density at radius 2 is 2.16 bits per heavy atom. The van der Waals surface area contributed by atoms with E-state index in [1.165, 1.54) is 0 Å². The zero-order valence-corrected chi connectivity index (χ0v) is 10.8. The largest absolute Gasteiger partial charge is 0.419 e. The first-order chi connectivity index (χ1) is 9.29. The van der Waals surface area contributed by atoms with E-state index in [1.54, 1.807) is 10.6 Å². The molecule has 102 valence electrons. The molecule has 1 aliphatic heterocycles. The number of aromatic nitrogens is 1. The van der Waals surface area contributed by atoms with Gasteiger partial charge < -0.3 is 9.52 Å². The van der Waals surface area contributed by atoms with Gasteiger partial charge in [-0.05, 0) is 31.5 Å². The van der Waals surface area contributed by atoms with Crippen LogP contribution in [-0.2, 0) is 6.54 Å². The molecule has 2 aromatic rings. The molecule has 0 amide bonds. The highest BCUT2D eigenvalue weighted by molar-refractivity contribution is 5.72. The standard InChI is InChI=1S/C14H18N2O3/c17-10-11-4-3-7-15(11)8-9-16-12-5-1-2-6-13(12)19-14(16)18/h1-2,5-6,11,17H,3-4,7-10H2. The van der Waals surface area contributed by atoms with E-state index in [0.717, 1.165) is 31.4 Å². The summed E-state index contributed by atoms with van der Waals surface area (Å²) >= 11 is 0. The van der Waals surface area contributed by atoms with Crippen molar-refractivity contribution in [2.75, 3.05) is 19.7 Å². The Morgan fingerprint density at radius 1 is 1.32 bits per heavy atom. The van der Waals surface area contributed by atoms with Gasteiger partial charge in [0.25, 0.3) is 0 Å². The van der Waals surface area contributed by atoms with Crippen LogP contribution in [0.5, 0.6) is 0 Å². The van der Waals surface area contributed by atoms with Crippen LogP contribution in [-0.4, -0.2) is 40.3 Å². The second-order valence-corrected chi connectivity index (χ2v) is 5.00. The van der Waals surface area contributed by atoms with Crippen LogP contribution in [0.15, 0.2) is 33.5 Å². The monoisotopic (exact) mass is 262 g/mol. The second-order valence-electron chi connectivity index (χ2n) is 5.00. The van der Waals surface area contributed by atoms with Gasteiger partial charge in [-0.15, -0.1) is 0 Å². The number of nitrogens with zero attached hydrogens (tertiary/aromatic N) is 2. The molecule has 0 aliphatic carbocycles. The van der Waals surface area contributed by atoms with Crippen LogP contribution in [0.4, 0.5) is 0 Å². The van der Waals surface area contributed by atoms with Crippen molar-refractivity contribution in [3.63, 3.8) is 0 Å².